The molecule has 0 saturated carbocycles. The number of hydrogen-bond donors (Lipinski definition) is 1. The summed E-state index contributed by atoms with van der Waals surface area (Å²) in [5.41, 5.74) is 0. The first-order valence-electron chi connectivity index (χ1n) is 4.69. The zero-order valence-electron chi connectivity index (χ0n) is 7.92. The highest BCUT2D eigenvalue weighted by molar-refractivity contribution is 7.18. The van der Waals surface area contributed by atoms with Gasteiger partial charge in [0, 0.05) is 5.92 Å². The van der Waals surface area contributed by atoms with Crippen LogP contribution in [0.2, 0.25) is 4.34 Å². The minimum Gasteiger partial charge on any atom is -0.316 e. The second-order valence-corrected chi connectivity index (χ2v) is 5.39. The van der Waals surface area contributed by atoms with Crippen LogP contribution < -0.4 is 5.32 Å². The fourth-order valence-electron chi connectivity index (χ4n) is 1.55. The number of rotatable bonds is 3. The largest absolute Gasteiger partial charge is 0.316 e. The van der Waals surface area contributed by atoms with Crippen molar-refractivity contribution in [3.8, 4) is 0 Å². The van der Waals surface area contributed by atoms with E-state index in [0.717, 1.165) is 18.0 Å². The molecule has 2 nitrogen and oxygen atoms in total. The van der Waals surface area contributed by atoms with Crippen molar-refractivity contribution >= 4 is 28.7 Å². The van der Waals surface area contributed by atoms with Crippen LogP contribution in [0.15, 0.2) is 12.1 Å². The summed E-state index contributed by atoms with van der Waals surface area (Å²) in [6, 6.07) is 3.60. The van der Waals surface area contributed by atoms with Gasteiger partial charge in [-0.25, -0.2) is 0 Å². The molecule has 0 aliphatic carbocycles. The third-order valence-electron chi connectivity index (χ3n) is 2.75. The van der Waals surface area contributed by atoms with Gasteiger partial charge in [-0.15, -0.1) is 11.3 Å². The highest BCUT2D eigenvalue weighted by Crippen LogP contribution is 2.27. The van der Waals surface area contributed by atoms with Crippen LogP contribution >= 0.6 is 22.9 Å². The number of hydrogen-bond acceptors (Lipinski definition) is 3. The molecule has 1 fully saturated rings. The summed E-state index contributed by atoms with van der Waals surface area (Å²) in [6.45, 7) is 3.93. The number of halogens is 1. The Bertz CT molecular complexity index is 346. The topological polar surface area (TPSA) is 29.1 Å². The van der Waals surface area contributed by atoms with Crippen LogP contribution in [0.3, 0.4) is 0 Å². The lowest BCUT2D eigenvalue weighted by Crippen LogP contribution is -2.47. The van der Waals surface area contributed by atoms with Gasteiger partial charge in [-0.3, -0.25) is 4.79 Å². The first kappa shape index (κ1) is 10.1. The SMILES string of the molecule is CC(C(=O)c1ccc(Cl)s1)C1CNC1. The fraction of sp³-hybridized carbons (Fsp3) is 0.500. The van der Waals surface area contributed by atoms with E-state index in [1.165, 1.54) is 11.3 Å². The van der Waals surface area contributed by atoms with Gasteiger partial charge >= 0.3 is 0 Å². The first-order chi connectivity index (χ1) is 6.68. The summed E-state index contributed by atoms with van der Waals surface area (Å²) in [6.07, 6.45) is 0. The summed E-state index contributed by atoms with van der Waals surface area (Å²) >= 11 is 7.16. The molecular weight excluding hydrogens is 218 g/mol. The molecule has 4 heteroatoms. The van der Waals surface area contributed by atoms with Gasteiger partial charge in [-0.1, -0.05) is 18.5 Å². The Labute approximate surface area is 92.3 Å². The lowest BCUT2D eigenvalue weighted by atomic mass is 9.85. The van der Waals surface area contributed by atoms with Gasteiger partial charge in [-0.05, 0) is 31.1 Å². The van der Waals surface area contributed by atoms with Gasteiger partial charge in [0.05, 0.1) is 9.21 Å². The average molecular weight is 230 g/mol. The summed E-state index contributed by atoms with van der Waals surface area (Å²) in [5, 5.41) is 3.18. The molecule has 0 radical (unpaired) electrons. The van der Waals surface area contributed by atoms with Crippen LogP contribution in [0.5, 0.6) is 0 Å². The predicted octanol–water partition coefficient (Wildman–Crippen LogP) is 2.44. The molecule has 1 aromatic rings. The highest BCUT2D eigenvalue weighted by atomic mass is 35.5. The molecule has 1 aliphatic heterocycles. The molecule has 1 N–H and O–H groups in total. The van der Waals surface area contributed by atoms with E-state index in [4.69, 9.17) is 11.6 Å². The Morgan fingerprint density at radius 2 is 2.36 bits per heavy atom. The summed E-state index contributed by atoms with van der Waals surface area (Å²) in [5.74, 6) is 0.850. The lowest BCUT2D eigenvalue weighted by Gasteiger charge is -2.31. The van der Waals surface area contributed by atoms with Gasteiger partial charge in [-0.2, -0.15) is 0 Å². The molecule has 1 saturated heterocycles. The zero-order valence-corrected chi connectivity index (χ0v) is 9.49. The average Bonchev–Trinajstić information content (AvgIpc) is 2.47. The Morgan fingerprint density at radius 3 is 2.79 bits per heavy atom. The zero-order chi connectivity index (χ0) is 10.1. The Hall–Kier alpha value is -0.380. The van der Waals surface area contributed by atoms with Crippen LogP contribution in [-0.4, -0.2) is 18.9 Å². The molecule has 0 spiro atoms. The van der Waals surface area contributed by atoms with Crippen molar-refractivity contribution in [3.05, 3.63) is 21.3 Å². The standard InChI is InChI=1S/C10H12ClNOS/c1-6(7-4-12-5-7)10(13)8-2-3-9(11)14-8/h2-3,6-7,12H,4-5H2,1H3. The number of ketones is 1. The smallest absolute Gasteiger partial charge is 0.176 e. The summed E-state index contributed by atoms with van der Waals surface area (Å²) in [4.78, 5) is 12.7. The molecule has 2 heterocycles. The van der Waals surface area contributed by atoms with Gasteiger partial charge in [0.1, 0.15) is 0 Å². The van der Waals surface area contributed by atoms with Gasteiger partial charge in [0.25, 0.3) is 0 Å². The number of carbonyl (C=O) groups excluding carboxylic acids is 1. The van der Waals surface area contributed by atoms with Crippen LogP contribution in [0, 0.1) is 11.8 Å². The molecule has 2 rings (SSSR count). The highest BCUT2D eigenvalue weighted by Gasteiger charge is 2.29. The normalized spacial score (nSPS) is 19.0. The molecule has 1 aliphatic rings. The summed E-state index contributed by atoms with van der Waals surface area (Å²) < 4.78 is 0.687. The fourth-order valence-corrected chi connectivity index (χ4v) is 2.63. The van der Waals surface area contributed by atoms with Crippen LogP contribution in [0.25, 0.3) is 0 Å². The van der Waals surface area contributed by atoms with Crippen molar-refractivity contribution < 1.29 is 4.79 Å². The van der Waals surface area contributed by atoms with Crippen molar-refractivity contribution in [2.24, 2.45) is 11.8 Å². The number of Topliss-reactive ketones (excluding diaryl/α,β-unsaturated/α-hetero) is 1. The maximum Gasteiger partial charge on any atom is 0.176 e. The summed E-state index contributed by atoms with van der Waals surface area (Å²) in [7, 11) is 0. The van der Waals surface area contributed by atoms with Gasteiger partial charge < -0.3 is 5.32 Å². The minimum absolute atomic E-state index is 0.117. The van der Waals surface area contributed by atoms with Crippen LogP contribution in [0.4, 0.5) is 0 Å². The predicted molar refractivity (Wildman–Crippen MR) is 59.2 cm³/mol. The maximum atomic E-state index is 11.9. The molecule has 1 unspecified atom stereocenters. The van der Waals surface area contributed by atoms with E-state index >= 15 is 0 Å². The van der Waals surface area contributed by atoms with Crippen LogP contribution in [0.1, 0.15) is 16.6 Å². The van der Waals surface area contributed by atoms with Crippen molar-refractivity contribution in [1.82, 2.24) is 5.32 Å². The van der Waals surface area contributed by atoms with Crippen molar-refractivity contribution in [2.75, 3.05) is 13.1 Å². The number of carbonyl (C=O) groups is 1. The van der Waals surface area contributed by atoms with E-state index in [-0.39, 0.29) is 11.7 Å². The van der Waals surface area contributed by atoms with E-state index in [9.17, 15) is 4.79 Å². The van der Waals surface area contributed by atoms with Gasteiger partial charge in [0.2, 0.25) is 0 Å². The number of nitrogens with one attached hydrogen (secondary N) is 1. The Morgan fingerprint density at radius 1 is 1.64 bits per heavy atom. The molecule has 14 heavy (non-hydrogen) atoms. The third kappa shape index (κ3) is 1.85. The van der Waals surface area contributed by atoms with Crippen molar-refractivity contribution in [1.29, 1.82) is 0 Å². The van der Waals surface area contributed by atoms with E-state index in [1.54, 1.807) is 6.07 Å². The molecule has 1 atom stereocenters. The molecule has 0 aromatic carbocycles. The first-order valence-corrected chi connectivity index (χ1v) is 5.88. The Kier molecular flexibility index (Phi) is 2.91. The van der Waals surface area contributed by atoms with E-state index in [1.807, 2.05) is 13.0 Å². The van der Waals surface area contributed by atoms with E-state index in [2.05, 4.69) is 5.32 Å². The molecular formula is C10H12ClNOS. The number of thiophene rings is 1. The second kappa shape index (κ2) is 4.01. The minimum atomic E-state index is 0.117. The molecule has 0 bridgehead atoms. The quantitative estimate of drug-likeness (QED) is 0.807. The lowest BCUT2D eigenvalue weighted by molar-refractivity contribution is 0.0858. The van der Waals surface area contributed by atoms with Crippen molar-refractivity contribution in [3.63, 3.8) is 0 Å². The van der Waals surface area contributed by atoms with E-state index < -0.39 is 0 Å². The maximum absolute atomic E-state index is 11.9. The second-order valence-electron chi connectivity index (χ2n) is 3.68. The van der Waals surface area contributed by atoms with E-state index in [0.29, 0.717) is 10.3 Å². The van der Waals surface area contributed by atoms with Crippen molar-refractivity contribution in [2.45, 2.75) is 6.92 Å². The Balaban J connectivity index is 2.07. The third-order valence-corrected chi connectivity index (χ3v) is 4.00. The molecule has 1 aromatic heterocycles. The van der Waals surface area contributed by atoms with Crippen LogP contribution in [-0.2, 0) is 0 Å². The van der Waals surface area contributed by atoms with Gasteiger partial charge in [0.15, 0.2) is 5.78 Å². The monoisotopic (exact) mass is 229 g/mol. The molecule has 76 valence electrons. The molecule has 0 amide bonds.